The van der Waals surface area contributed by atoms with E-state index in [-0.39, 0.29) is 10.2 Å². The Bertz CT molecular complexity index is 1420. The maximum atomic E-state index is 11.7. The third-order valence-corrected chi connectivity index (χ3v) is 7.80. The van der Waals surface area contributed by atoms with E-state index in [2.05, 4.69) is 30.3 Å². The number of nitrogens with zero attached hydrogens (tertiary/aromatic N) is 6. The number of halogens is 2. The SMILES string of the molecule is COc1cc2[nH]nc(-c3ccc(N4CCN(S(C)=O)CC4)nc3)c2cc1O[C@H](N)c1c(Cl)cnnc1Cl. The molecule has 3 aromatic heterocycles. The Balaban J connectivity index is 1.41. The van der Waals surface area contributed by atoms with Crippen LogP contribution in [0.15, 0.2) is 36.7 Å². The second kappa shape index (κ2) is 10.8. The van der Waals surface area contributed by atoms with Gasteiger partial charge in [-0.3, -0.25) is 10.8 Å². The molecule has 5 rings (SSSR count). The summed E-state index contributed by atoms with van der Waals surface area (Å²) in [7, 11) is 0.579. The molecule has 3 N–H and O–H groups in total. The maximum Gasteiger partial charge on any atom is 0.178 e. The van der Waals surface area contributed by atoms with Crippen LogP contribution in [0, 0.1) is 0 Å². The molecule has 0 amide bonds. The zero-order valence-electron chi connectivity index (χ0n) is 20.0. The van der Waals surface area contributed by atoms with Crippen LogP contribution >= 0.6 is 23.2 Å². The van der Waals surface area contributed by atoms with E-state index in [9.17, 15) is 4.21 Å². The van der Waals surface area contributed by atoms with E-state index in [1.165, 1.54) is 13.3 Å². The Kier molecular flexibility index (Phi) is 7.45. The normalized spacial score (nSPS) is 16.1. The zero-order chi connectivity index (χ0) is 26.1. The third kappa shape index (κ3) is 5.20. The van der Waals surface area contributed by atoms with E-state index in [1.807, 2.05) is 16.4 Å². The second-order valence-corrected chi connectivity index (χ2v) is 10.4. The number of ether oxygens (including phenoxy) is 2. The molecule has 14 heteroatoms. The van der Waals surface area contributed by atoms with Crippen molar-refractivity contribution in [1.82, 2.24) is 29.7 Å². The number of H-pyrrole nitrogens is 1. The number of fused-ring (bicyclic) bond motifs is 1. The number of benzene rings is 1. The molecule has 0 radical (unpaired) electrons. The van der Waals surface area contributed by atoms with Gasteiger partial charge in [-0.2, -0.15) is 10.2 Å². The van der Waals surface area contributed by atoms with E-state index in [4.69, 9.17) is 38.4 Å². The van der Waals surface area contributed by atoms with Gasteiger partial charge in [0.1, 0.15) is 11.5 Å². The van der Waals surface area contributed by atoms with Crippen LogP contribution in [0.25, 0.3) is 22.2 Å². The summed E-state index contributed by atoms with van der Waals surface area (Å²) in [5.74, 6) is 1.69. The number of methoxy groups -OCH3 is 1. The van der Waals surface area contributed by atoms with Crippen molar-refractivity contribution in [1.29, 1.82) is 0 Å². The average Bonchev–Trinajstić information content (AvgIpc) is 3.31. The molecular formula is C23H24Cl2N8O3S. The van der Waals surface area contributed by atoms with E-state index >= 15 is 0 Å². The number of piperazine rings is 1. The number of anilines is 1. The van der Waals surface area contributed by atoms with E-state index in [1.54, 1.807) is 24.6 Å². The van der Waals surface area contributed by atoms with Gasteiger partial charge in [0.15, 0.2) is 22.9 Å². The van der Waals surface area contributed by atoms with Crippen LogP contribution in [0.4, 0.5) is 5.82 Å². The minimum atomic E-state index is -1.01. The lowest BCUT2D eigenvalue weighted by molar-refractivity contribution is 0.204. The monoisotopic (exact) mass is 562 g/mol. The summed E-state index contributed by atoms with van der Waals surface area (Å²) in [5, 5.41) is 16.1. The van der Waals surface area contributed by atoms with Gasteiger partial charge in [-0.15, -0.1) is 5.10 Å². The van der Waals surface area contributed by atoms with Crippen molar-refractivity contribution in [3.8, 4) is 22.8 Å². The minimum Gasteiger partial charge on any atom is -0.493 e. The van der Waals surface area contributed by atoms with E-state index in [0.717, 1.165) is 48.5 Å². The fraction of sp³-hybridized carbons (Fsp3) is 0.304. The van der Waals surface area contributed by atoms with Gasteiger partial charge in [-0.1, -0.05) is 23.2 Å². The summed E-state index contributed by atoms with van der Waals surface area (Å²) in [4.78, 5) is 6.84. The molecule has 37 heavy (non-hydrogen) atoms. The molecule has 2 atom stereocenters. The highest BCUT2D eigenvalue weighted by Gasteiger charge is 2.22. The number of hydrogen-bond donors (Lipinski definition) is 2. The molecule has 1 fully saturated rings. The predicted molar refractivity (Wildman–Crippen MR) is 143 cm³/mol. The lowest BCUT2D eigenvalue weighted by atomic mass is 10.1. The van der Waals surface area contributed by atoms with E-state index in [0.29, 0.717) is 22.8 Å². The highest BCUT2D eigenvalue weighted by molar-refractivity contribution is 7.81. The molecule has 1 saturated heterocycles. The minimum absolute atomic E-state index is 0.0552. The summed E-state index contributed by atoms with van der Waals surface area (Å²) in [6.45, 7) is 2.99. The standard InChI is InChI=1S/C23H24Cl2N8O3S/c1-35-17-10-16-14(9-18(17)36-23(26)20-15(24)12-28-31-22(20)25)21(30-29-16)13-3-4-19(27-11-13)32-5-7-33(8-6-32)37(2)34/h3-4,9-12,23H,5-8,26H2,1-2H3,(H,29,30)/t23-,37?/m0/s1. The van der Waals surface area contributed by atoms with Gasteiger partial charge < -0.3 is 14.4 Å². The van der Waals surface area contributed by atoms with Crippen LogP contribution in [-0.2, 0) is 11.0 Å². The number of aromatic amines is 1. The van der Waals surface area contributed by atoms with Gasteiger partial charge in [-0.25, -0.2) is 13.5 Å². The summed E-state index contributed by atoms with van der Waals surface area (Å²) in [6, 6.07) is 7.51. The van der Waals surface area contributed by atoms with Crippen LogP contribution in [0.1, 0.15) is 11.8 Å². The highest BCUT2D eigenvalue weighted by Crippen LogP contribution is 2.38. The first-order valence-electron chi connectivity index (χ1n) is 11.3. The topological polar surface area (TPSA) is 135 Å². The van der Waals surface area contributed by atoms with Crippen LogP contribution in [0.2, 0.25) is 10.2 Å². The number of aromatic nitrogens is 5. The van der Waals surface area contributed by atoms with Crippen molar-refractivity contribution >= 4 is 50.9 Å². The molecule has 194 valence electrons. The largest absolute Gasteiger partial charge is 0.493 e. The fourth-order valence-corrected chi connectivity index (χ4v) is 5.40. The summed E-state index contributed by atoms with van der Waals surface area (Å²) >= 11 is 12.4. The molecule has 1 aliphatic rings. The molecule has 0 saturated carbocycles. The van der Waals surface area contributed by atoms with Crippen LogP contribution < -0.4 is 20.1 Å². The molecule has 11 nitrogen and oxygen atoms in total. The Morgan fingerprint density at radius 3 is 2.57 bits per heavy atom. The fourth-order valence-electron chi connectivity index (χ4n) is 4.19. The van der Waals surface area contributed by atoms with Crippen molar-refractivity contribution in [3.05, 3.63) is 52.4 Å². The quantitative estimate of drug-likeness (QED) is 0.325. The third-order valence-electron chi connectivity index (χ3n) is 6.13. The van der Waals surface area contributed by atoms with Crippen molar-refractivity contribution in [2.24, 2.45) is 5.73 Å². The molecule has 1 aromatic carbocycles. The number of pyridine rings is 1. The Morgan fingerprint density at radius 1 is 1.14 bits per heavy atom. The first-order chi connectivity index (χ1) is 17.9. The van der Waals surface area contributed by atoms with Crippen LogP contribution in [0.3, 0.4) is 0 Å². The molecule has 0 aliphatic carbocycles. The summed E-state index contributed by atoms with van der Waals surface area (Å²) in [6.07, 6.45) is 3.83. The van der Waals surface area contributed by atoms with Crippen molar-refractivity contribution in [2.75, 3.05) is 44.4 Å². The van der Waals surface area contributed by atoms with Gasteiger partial charge in [0.2, 0.25) is 0 Å². The summed E-state index contributed by atoms with van der Waals surface area (Å²) < 4.78 is 25.2. The van der Waals surface area contributed by atoms with Crippen molar-refractivity contribution < 1.29 is 13.7 Å². The number of rotatable bonds is 7. The second-order valence-electron chi connectivity index (χ2n) is 8.30. The van der Waals surface area contributed by atoms with Crippen molar-refractivity contribution in [2.45, 2.75) is 6.23 Å². The first kappa shape index (κ1) is 25.6. The maximum absolute atomic E-state index is 11.7. The Hall–Kier alpha value is -3.03. The lowest BCUT2D eigenvalue weighted by Gasteiger charge is -2.33. The van der Waals surface area contributed by atoms with E-state index < -0.39 is 17.2 Å². The molecule has 0 spiro atoms. The molecule has 4 aromatic rings. The molecule has 1 aliphatic heterocycles. The van der Waals surface area contributed by atoms with Crippen molar-refractivity contribution in [3.63, 3.8) is 0 Å². The number of nitrogens with one attached hydrogen (secondary N) is 1. The van der Waals surface area contributed by atoms with Crippen LogP contribution in [0.5, 0.6) is 11.5 Å². The lowest BCUT2D eigenvalue weighted by Crippen LogP contribution is -2.46. The average molecular weight is 563 g/mol. The van der Waals surface area contributed by atoms with Gasteiger partial charge >= 0.3 is 0 Å². The number of nitrogens with two attached hydrogens (primary N) is 1. The Labute approximate surface area is 225 Å². The Morgan fingerprint density at radius 2 is 1.92 bits per heavy atom. The zero-order valence-corrected chi connectivity index (χ0v) is 22.3. The molecule has 1 unspecified atom stereocenters. The number of hydrogen-bond acceptors (Lipinski definition) is 9. The molecule has 4 heterocycles. The predicted octanol–water partition coefficient (Wildman–Crippen LogP) is 3.18. The van der Waals surface area contributed by atoms with Gasteiger partial charge in [-0.05, 0) is 18.2 Å². The smallest absolute Gasteiger partial charge is 0.178 e. The van der Waals surface area contributed by atoms with Gasteiger partial charge in [0, 0.05) is 55.6 Å². The highest BCUT2D eigenvalue weighted by atomic mass is 35.5. The molecule has 0 bridgehead atoms. The van der Waals surface area contributed by atoms with Gasteiger partial charge in [0.25, 0.3) is 0 Å². The van der Waals surface area contributed by atoms with Crippen LogP contribution in [-0.4, -0.2) is 73.4 Å². The first-order valence-corrected chi connectivity index (χ1v) is 13.6. The molecular weight excluding hydrogens is 539 g/mol. The summed E-state index contributed by atoms with van der Waals surface area (Å²) in [5.41, 5.74) is 8.86. The van der Waals surface area contributed by atoms with Gasteiger partial charge in [0.05, 0.1) is 40.4 Å².